The van der Waals surface area contributed by atoms with Crippen molar-refractivity contribution >= 4 is 0 Å². The van der Waals surface area contributed by atoms with Crippen LogP contribution in [0.15, 0.2) is 12.2 Å². The molecule has 2 aliphatic carbocycles. The Bertz CT molecular complexity index is 583. The van der Waals surface area contributed by atoms with Gasteiger partial charge in [-0.1, -0.05) is 19.1 Å². The van der Waals surface area contributed by atoms with Gasteiger partial charge in [0.15, 0.2) is 0 Å². The number of aliphatic hydroxyl groups is 3. The highest BCUT2D eigenvalue weighted by atomic mass is 16.6. The van der Waals surface area contributed by atoms with Crippen LogP contribution in [0.5, 0.6) is 0 Å². The minimum absolute atomic E-state index is 0.00741. The van der Waals surface area contributed by atoms with E-state index in [1.54, 1.807) is 0 Å². The predicted molar refractivity (Wildman–Crippen MR) is 93.0 cm³/mol. The Kier molecular flexibility index (Phi) is 3.80. The summed E-state index contributed by atoms with van der Waals surface area (Å²) >= 11 is 0. The van der Waals surface area contributed by atoms with Gasteiger partial charge in [-0.15, -0.1) is 0 Å². The molecule has 2 heterocycles. The van der Waals surface area contributed by atoms with Gasteiger partial charge in [0.1, 0.15) is 11.2 Å². The van der Waals surface area contributed by atoms with Crippen molar-refractivity contribution in [1.29, 1.82) is 0 Å². The number of rotatable bonds is 2. The molecular formula is C20H32O5. The molecule has 4 aliphatic rings. The van der Waals surface area contributed by atoms with E-state index in [-0.39, 0.29) is 24.7 Å². The van der Waals surface area contributed by atoms with Crippen LogP contribution in [-0.4, -0.2) is 57.0 Å². The second-order valence-electron chi connectivity index (χ2n) is 9.60. The van der Waals surface area contributed by atoms with Gasteiger partial charge in [-0.3, -0.25) is 0 Å². The first-order chi connectivity index (χ1) is 11.6. The smallest absolute Gasteiger partial charge is 0.120 e. The first-order valence-corrected chi connectivity index (χ1v) is 9.63. The SMILES string of the molecule is C=C1CCC2OC2(CO)CC2OC23C(C(C)(C)O)CCC3(C)C(O)C1. The number of aliphatic hydroxyl groups excluding tert-OH is 2. The van der Waals surface area contributed by atoms with Gasteiger partial charge in [0.2, 0.25) is 0 Å². The van der Waals surface area contributed by atoms with Crippen LogP contribution in [0.4, 0.5) is 0 Å². The number of hydrogen-bond donors (Lipinski definition) is 3. The molecule has 4 rings (SSSR count). The highest BCUT2D eigenvalue weighted by Gasteiger charge is 2.78. The molecule has 2 aliphatic heterocycles. The van der Waals surface area contributed by atoms with Gasteiger partial charge in [-0.25, -0.2) is 0 Å². The normalized spacial score (nSPS) is 52.6. The quantitative estimate of drug-likeness (QED) is 0.522. The molecule has 0 aromatic heterocycles. The van der Waals surface area contributed by atoms with Gasteiger partial charge in [0, 0.05) is 17.8 Å². The lowest BCUT2D eigenvalue weighted by atomic mass is 9.66. The first-order valence-electron chi connectivity index (χ1n) is 9.63. The molecule has 2 saturated heterocycles. The molecule has 0 aromatic carbocycles. The summed E-state index contributed by atoms with van der Waals surface area (Å²) in [6.07, 6.45) is 3.91. The second-order valence-corrected chi connectivity index (χ2v) is 9.60. The average Bonchev–Trinajstić information content (AvgIpc) is 3.37. The zero-order valence-corrected chi connectivity index (χ0v) is 15.6. The lowest BCUT2D eigenvalue weighted by Gasteiger charge is -2.40. The molecule has 7 atom stereocenters. The van der Waals surface area contributed by atoms with E-state index in [9.17, 15) is 15.3 Å². The van der Waals surface area contributed by atoms with Crippen molar-refractivity contribution < 1.29 is 24.8 Å². The number of fused-ring (bicyclic) bond motifs is 1. The van der Waals surface area contributed by atoms with Crippen molar-refractivity contribution in [2.24, 2.45) is 11.3 Å². The molecule has 5 nitrogen and oxygen atoms in total. The van der Waals surface area contributed by atoms with E-state index in [2.05, 4.69) is 13.5 Å². The Morgan fingerprint density at radius 3 is 2.60 bits per heavy atom. The molecule has 3 N–H and O–H groups in total. The Morgan fingerprint density at radius 2 is 1.96 bits per heavy atom. The van der Waals surface area contributed by atoms with Crippen molar-refractivity contribution in [3.63, 3.8) is 0 Å². The Balaban J connectivity index is 1.72. The second kappa shape index (κ2) is 5.29. The maximum atomic E-state index is 11.1. The summed E-state index contributed by atoms with van der Waals surface area (Å²) in [6.45, 7) is 9.92. The number of ether oxygens (including phenoxy) is 2. The van der Waals surface area contributed by atoms with Gasteiger partial charge < -0.3 is 24.8 Å². The number of hydrogen-bond acceptors (Lipinski definition) is 5. The van der Waals surface area contributed by atoms with Crippen molar-refractivity contribution in [2.45, 2.75) is 94.4 Å². The van der Waals surface area contributed by atoms with Crippen LogP contribution in [0.1, 0.15) is 59.3 Å². The van der Waals surface area contributed by atoms with E-state index in [0.717, 1.165) is 31.3 Å². The van der Waals surface area contributed by atoms with Gasteiger partial charge in [0.25, 0.3) is 0 Å². The minimum Gasteiger partial charge on any atom is -0.393 e. The topological polar surface area (TPSA) is 85.8 Å². The molecule has 142 valence electrons. The third kappa shape index (κ3) is 2.39. The van der Waals surface area contributed by atoms with E-state index in [4.69, 9.17) is 9.47 Å². The van der Waals surface area contributed by atoms with E-state index >= 15 is 0 Å². The molecule has 2 saturated carbocycles. The fourth-order valence-corrected chi connectivity index (χ4v) is 5.96. The summed E-state index contributed by atoms with van der Waals surface area (Å²) in [7, 11) is 0. The Labute approximate surface area is 150 Å². The van der Waals surface area contributed by atoms with Gasteiger partial charge in [0.05, 0.1) is 30.5 Å². The van der Waals surface area contributed by atoms with Crippen LogP contribution in [0.2, 0.25) is 0 Å². The van der Waals surface area contributed by atoms with Gasteiger partial charge in [-0.05, 0) is 46.0 Å². The van der Waals surface area contributed by atoms with Gasteiger partial charge >= 0.3 is 0 Å². The summed E-state index contributed by atoms with van der Waals surface area (Å²) < 4.78 is 12.2. The molecule has 25 heavy (non-hydrogen) atoms. The van der Waals surface area contributed by atoms with Crippen molar-refractivity contribution in [3.8, 4) is 0 Å². The zero-order chi connectivity index (χ0) is 18.3. The maximum absolute atomic E-state index is 11.1. The highest BCUT2D eigenvalue weighted by Crippen LogP contribution is 2.69. The lowest BCUT2D eigenvalue weighted by molar-refractivity contribution is -0.0620. The summed E-state index contributed by atoms with van der Waals surface area (Å²) in [4.78, 5) is 0. The fraction of sp³-hybridized carbons (Fsp3) is 0.900. The molecule has 0 aromatic rings. The number of epoxide rings is 2. The maximum Gasteiger partial charge on any atom is 0.120 e. The van der Waals surface area contributed by atoms with Crippen LogP contribution in [0, 0.1) is 11.3 Å². The molecule has 1 spiro atoms. The van der Waals surface area contributed by atoms with Crippen LogP contribution in [0.25, 0.3) is 0 Å². The van der Waals surface area contributed by atoms with Crippen molar-refractivity contribution in [2.75, 3.05) is 6.61 Å². The summed E-state index contributed by atoms with van der Waals surface area (Å²) in [5, 5.41) is 31.8. The highest BCUT2D eigenvalue weighted by molar-refractivity contribution is 5.27. The van der Waals surface area contributed by atoms with Crippen LogP contribution in [-0.2, 0) is 9.47 Å². The largest absolute Gasteiger partial charge is 0.393 e. The lowest BCUT2D eigenvalue weighted by Crippen LogP contribution is -2.51. The third-order valence-electron chi connectivity index (χ3n) is 7.66. The molecule has 0 radical (unpaired) electrons. The van der Waals surface area contributed by atoms with Crippen LogP contribution in [0.3, 0.4) is 0 Å². The van der Waals surface area contributed by atoms with Crippen molar-refractivity contribution in [3.05, 3.63) is 12.2 Å². The third-order valence-corrected chi connectivity index (χ3v) is 7.66. The zero-order valence-electron chi connectivity index (χ0n) is 15.6. The Hall–Kier alpha value is -0.460. The molecular weight excluding hydrogens is 320 g/mol. The molecule has 4 fully saturated rings. The van der Waals surface area contributed by atoms with E-state index in [1.165, 1.54) is 0 Å². The van der Waals surface area contributed by atoms with Crippen LogP contribution >= 0.6 is 0 Å². The average molecular weight is 352 g/mol. The fourth-order valence-electron chi connectivity index (χ4n) is 5.96. The molecule has 7 unspecified atom stereocenters. The summed E-state index contributed by atoms with van der Waals surface area (Å²) in [5.41, 5.74) is -1.33. The molecule has 0 amide bonds. The molecule has 5 heteroatoms. The standard InChI is InChI=1S/C20H32O5/c1-12-5-6-15-19(11-21,24-15)10-16-20(25-16)13(17(2,3)23)7-8-18(20,4)14(22)9-12/h13-16,21-23H,1,5-11H2,2-4H3. The van der Waals surface area contributed by atoms with Crippen LogP contribution < -0.4 is 0 Å². The van der Waals surface area contributed by atoms with Crippen molar-refractivity contribution in [1.82, 2.24) is 0 Å². The monoisotopic (exact) mass is 352 g/mol. The summed E-state index contributed by atoms with van der Waals surface area (Å²) in [5.74, 6) is -0.0355. The molecule has 0 bridgehead atoms. The van der Waals surface area contributed by atoms with E-state index < -0.39 is 28.3 Å². The van der Waals surface area contributed by atoms with E-state index in [0.29, 0.717) is 12.8 Å². The predicted octanol–water partition coefficient (Wildman–Crippen LogP) is 1.93. The van der Waals surface area contributed by atoms with Gasteiger partial charge in [-0.2, -0.15) is 0 Å². The summed E-state index contributed by atoms with van der Waals surface area (Å²) in [6, 6.07) is 0. The van der Waals surface area contributed by atoms with E-state index in [1.807, 2.05) is 13.8 Å². The Morgan fingerprint density at radius 1 is 1.24 bits per heavy atom. The first kappa shape index (κ1) is 17.9. The minimum atomic E-state index is -0.875.